The van der Waals surface area contributed by atoms with Crippen LogP contribution in [0.4, 0.5) is 0 Å². The van der Waals surface area contributed by atoms with Crippen LogP contribution in [-0.4, -0.2) is 18.2 Å². The molecule has 15 heavy (non-hydrogen) atoms. The van der Waals surface area contributed by atoms with Gasteiger partial charge in [-0.2, -0.15) is 0 Å². The maximum atomic E-state index is 6.21. The van der Waals surface area contributed by atoms with Gasteiger partial charge in [0.25, 0.3) is 0 Å². The first-order chi connectivity index (χ1) is 6.96. The highest BCUT2D eigenvalue weighted by Gasteiger charge is 2.29. The lowest BCUT2D eigenvalue weighted by Gasteiger charge is -2.34. The maximum absolute atomic E-state index is 6.21. The van der Waals surface area contributed by atoms with Crippen LogP contribution in [0.1, 0.15) is 60.3 Å². The van der Waals surface area contributed by atoms with Crippen molar-refractivity contribution in [2.45, 2.75) is 71.9 Å². The molecule has 2 unspecified atom stereocenters. The fraction of sp³-hybridized carbons (Fsp3) is 1.00. The fourth-order valence-electron chi connectivity index (χ4n) is 1.85. The van der Waals surface area contributed by atoms with E-state index < -0.39 is 0 Å². The number of ether oxygens (including phenoxy) is 1. The highest BCUT2D eigenvalue weighted by Crippen LogP contribution is 2.22. The van der Waals surface area contributed by atoms with Gasteiger partial charge in [-0.1, -0.05) is 33.6 Å². The van der Waals surface area contributed by atoms with E-state index in [9.17, 15) is 0 Å². The van der Waals surface area contributed by atoms with Gasteiger partial charge in [0.2, 0.25) is 0 Å². The molecule has 0 spiro atoms. The average molecular weight is 215 g/mol. The molecule has 0 saturated heterocycles. The third kappa shape index (κ3) is 5.53. The van der Waals surface area contributed by atoms with Gasteiger partial charge >= 0.3 is 0 Å². The van der Waals surface area contributed by atoms with Gasteiger partial charge in [-0.3, -0.25) is 0 Å². The van der Waals surface area contributed by atoms with Crippen molar-refractivity contribution in [1.82, 2.24) is 0 Å². The Morgan fingerprint density at radius 3 is 2.20 bits per heavy atom. The van der Waals surface area contributed by atoms with Crippen LogP contribution in [0, 0.1) is 5.92 Å². The van der Waals surface area contributed by atoms with Gasteiger partial charge in [0.15, 0.2) is 0 Å². The molecule has 0 aromatic carbocycles. The first kappa shape index (κ1) is 14.9. The van der Waals surface area contributed by atoms with Crippen LogP contribution < -0.4 is 5.73 Å². The molecule has 0 aromatic heterocycles. The van der Waals surface area contributed by atoms with Crippen molar-refractivity contribution in [2.75, 3.05) is 6.61 Å². The van der Waals surface area contributed by atoms with Gasteiger partial charge < -0.3 is 10.5 Å². The molecule has 0 radical (unpaired) electrons. The first-order valence-corrected chi connectivity index (χ1v) is 6.35. The average Bonchev–Trinajstić information content (AvgIpc) is 2.17. The molecule has 2 nitrogen and oxygen atoms in total. The molecule has 0 aromatic rings. The Bertz CT molecular complexity index is 159. The highest BCUT2D eigenvalue weighted by molar-refractivity contribution is 4.85. The minimum Gasteiger partial charge on any atom is -0.374 e. The second-order valence-corrected chi connectivity index (χ2v) is 5.03. The van der Waals surface area contributed by atoms with Crippen LogP contribution in [0.5, 0.6) is 0 Å². The standard InChI is InChI=1S/C13H29NO/c1-6-13(5,15-7-2)12(14)10-8-9-11(3)4/h11-12H,6-10,14H2,1-5H3. The predicted octanol–water partition coefficient (Wildman–Crippen LogP) is 3.35. The van der Waals surface area contributed by atoms with E-state index in [1.165, 1.54) is 12.8 Å². The summed E-state index contributed by atoms with van der Waals surface area (Å²) < 4.78 is 5.77. The zero-order valence-corrected chi connectivity index (χ0v) is 11.2. The fourth-order valence-corrected chi connectivity index (χ4v) is 1.85. The monoisotopic (exact) mass is 215 g/mol. The second-order valence-electron chi connectivity index (χ2n) is 5.03. The van der Waals surface area contributed by atoms with Crippen molar-refractivity contribution < 1.29 is 4.74 Å². The molecule has 0 bridgehead atoms. The maximum Gasteiger partial charge on any atom is 0.0801 e. The Kier molecular flexibility index (Phi) is 7.20. The molecule has 2 atom stereocenters. The zero-order chi connectivity index (χ0) is 11.9. The van der Waals surface area contributed by atoms with Crippen LogP contribution >= 0.6 is 0 Å². The highest BCUT2D eigenvalue weighted by atomic mass is 16.5. The van der Waals surface area contributed by atoms with E-state index in [0.29, 0.717) is 0 Å². The number of hydrogen-bond acceptors (Lipinski definition) is 2. The van der Waals surface area contributed by atoms with Gasteiger partial charge in [0.05, 0.1) is 5.60 Å². The Hall–Kier alpha value is -0.0800. The molecule has 92 valence electrons. The normalized spacial score (nSPS) is 17.8. The molecule has 0 heterocycles. The minimum absolute atomic E-state index is 0.133. The molecule has 0 aliphatic rings. The largest absolute Gasteiger partial charge is 0.374 e. The summed E-state index contributed by atoms with van der Waals surface area (Å²) in [7, 11) is 0. The summed E-state index contributed by atoms with van der Waals surface area (Å²) in [6.45, 7) is 11.6. The summed E-state index contributed by atoms with van der Waals surface area (Å²) in [5.41, 5.74) is 6.08. The van der Waals surface area contributed by atoms with E-state index in [1.807, 2.05) is 6.92 Å². The Balaban J connectivity index is 3.98. The van der Waals surface area contributed by atoms with Crippen LogP contribution in [0.15, 0.2) is 0 Å². The van der Waals surface area contributed by atoms with Crippen molar-refractivity contribution in [1.29, 1.82) is 0 Å². The topological polar surface area (TPSA) is 35.2 Å². The Morgan fingerprint density at radius 2 is 1.80 bits per heavy atom. The molecular formula is C13H29NO. The van der Waals surface area contributed by atoms with Crippen LogP contribution in [0.25, 0.3) is 0 Å². The van der Waals surface area contributed by atoms with Crippen molar-refractivity contribution in [3.05, 3.63) is 0 Å². The summed E-state index contributed by atoms with van der Waals surface area (Å²) in [6.07, 6.45) is 4.54. The molecular weight excluding hydrogens is 186 g/mol. The van der Waals surface area contributed by atoms with E-state index >= 15 is 0 Å². The van der Waals surface area contributed by atoms with Crippen molar-refractivity contribution in [2.24, 2.45) is 11.7 Å². The lowest BCUT2D eigenvalue weighted by atomic mass is 9.89. The molecule has 2 N–H and O–H groups in total. The lowest BCUT2D eigenvalue weighted by molar-refractivity contribution is -0.0484. The van der Waals surface area contributed by atoms with E-state index in [1.54, 1.807) is 0 Å². The molecule has 0 aliphatic carbocycles. The molecule has 2 heteroatoms. The van der Waals surface area contributed by atoms with Gasteiger partial charge in [-0.15, -0.1) is 0 Å². The van der Waals surface area contributed by atoms with E-state index in [-0.39, 0.29) is 11.6 Å². The molecule has 0 fully saturated rings. The number of hydrogen-bond donors (Lipinski definition) is 1. The van der Waals surface area contributed by atoms with Gasteiger partial charge in [0.1, 0.15) is 0 Å². The summed E-state index contributed by atoms with van der Waals surface area (Å²) in [6, 6.07) is 0.168. The van der Waals surface area contributed by atoms with Gasteiger partial charge in [-0.25, -0.2) is 0 Å². The van der Waals surface area contributed by atoms with Crippen molar-refractivity contribution >= 4 is 0 Å². The molecule has 0 aliphatic heterocycles. The third-order valence-corrected chi connectivity index (χ3v) is 3.26. The quantitative estimate of drug-likeness (QED) is 0.674. The van der Waals surface area contributed by atoms with Crippen LogP contribution in [-0.2, 0) is 4.74 Å². The first-order valence-electron chi connectivity index (χ1n) is 6.35. The SMILES string of the molecule is CCOC(C)(CC)C(N)CCCC(C)C. The van der Waals surface area contributed by atoms with Crippen molar-refractivity contribution in [3.8, 4) is 0 Å². The van der Waals surface area contributed by atoms with Crippen LogP contribution in [0.2, 0.25) is 0 Å². The zero-order valence-electron chi connectivity index (χ0n) is 11.2. The summed E-state index contributed by atoms with van der Waals surface area (Å²) >= 11 is 0. The van der Waals surface area contributed by atoms with Crippen LogP contribution in [0.3, 0.4) is 0 Å². The lowest BCUT2D eigenvalue weighted by Crippen LogP contribution is -2.47. The molecule has 0 amide bonds. The van der Waals surface area contributed by atoms with E-state index in [4.69, 9.17) is 10.5 Å². The minimum atomic E-state index is -0.133. The van der Waals surface area contributed by atoms with E-state index in [2.05, 4.69) is 27.7 Å². The predicted molar refractivity (Wildman–Crippen MR) is 67.0 cm³/mol. The summed E-state index contributed by atoms with van der Waals surface area (Å²) in [5, 5.41) is 0. The molecule has 0 saturated carbocycles. The smallest absolute Gasteiger partial charge is 0.0801 e. The Morgan fingerprint density at radius 1 is 1.20 bits per heavy atom. The van der Waals surface area contributed by atoms with Crippen molar-refractivity contribution in [3.63, 3.8) is 0 Å². The Labute approximate surface area is 95.6 Å². The summed E-state index contributed by atoms with van der Waals surface area (Å²) in [5.74, 6) is 0.775. The third-order valence-electron chi connectivity index (χ3n) is 3.26. The second kappa shape index (κ2) is 7.24. The van der Waals surface area contributed by atoms with Gasteiger partial charge in [0, 0.05) is 12.6 Å². The molecule has 0 rings (SSSR count). The van der Waals surface area contributed by atoms with Gasteiger partial charge in [-0.05, 0) is 32.6 Å². The number of rotatable bonds is 8. The summed E-state index contributed by atoms with van der Waals surface area (Å²) in [4.78, 5) is 0. The van der Waals surface area contributed by atoms with E-state index in [0.717, 1.165) is 25.4 Å². The number of nitrogens with two attached hydrogens (primary N) is 1.